The molecule has 12 heteroatoms. The number of fused-ring (bicyclic) bond motifs is 1. The van der Waals surface area contributed by atoms with Crippen LogP contribution in [-0.2, 0) is 20.8 Å². The number of aliphatic carboxylic acids is 1. The van der Waals surface area contributed by atoms with Gasteiger partial charge in [-0.1, -0.05) is 12.1 Å². The van der Waals surface area contributed by atoms with Gasteiger partial charge in [0.2, 0.25) is 11.6 Å². The van der Waals surface area contributed by atoms with E-state index < -0.39 is 50.9 Å². The molecule has 3 amide bonds. The molecule has 3 heterocycles. The van der Waals surface area contributed by atoms with Crippen molar-refractivity contribution in [2.24, 2.45) is 0 Å². The molecule has 11 nitrogen and oxygen atoms in total. The molecular weight excluding hydrogens is 464 g/mol. The monoisotopic (exact) mass is 486 g/mol. The largest absolute Gasteiger partial charge is 0.508 e. The van der Waals surface area contributed by atoms with Crippen LogP contribution in [0, 0.1) is 0 Å². The van der Waals surface area contributed by atoms with Gasteiger partial charge < -0.3 is 25.8 Å². The number of hydrogen-bond acceptors (Lipinski definition) is 7. The summed E-state index contributed by atoms with van der Waals surface area (Å²) in [5.74, 6) is -3.45. The van der Waals surface area contributed by atoms with Crippen LogP contribution >= 0.6 is 11.8 Å². The summed E-state index contributed by atoms with van der Waals surface area (Å²) in [5, 5.41) is 23.8. The van der Waals surface area contributed by atoms with Crippen LogP contribution in [0.5, 0.6) is 5.75 Å². The summed E-state index contributed by atoms with van der Waals surface area (Å²) in [6.07, 6.45) is 2.45. The van der Waals surface area contributed by atoms with Gasteiger partial charge in [0.25, 0.3) is 11.8 Å². The van der Waals surface area contributed by atoms with Crippen LogP contribution < -0.4 is 16.1 Å². The van der Waals surface area contributed by atoms with Crippen LogP contribution in [0.1, 0.15) is 29.8 Å². The van der Waals surface area contributed by atoms with Crippen LogP contribution in [0.3, 0.4) is 0 Å². The minimum atomic E-state index is -2.14. The first-order chi connectivity index (χ1) is 16.0. The van der Waals surface area contributed by atoms with Gasteiger partial charge in [-0.25, -0.2) is 4.79 Å². The topological polar surface area (TPSA) is 169 Å². The molecule has 3 atom stereocenters. The minimum Gasteiger partial charge on any atom is -0.508 e. The lowest BCUT2D eigenvalue weighted by atomic mass is 9.88. The smallest absolute Gasteiger partial charge is 0.352 e. The Balaban J connectivity index is 1.56. The summed E-state index contributed by atoms with van der Waals surface area (Å²) in [4.78, 5) is 66.6. The third-order valence-electron chi connectivity index (χ3n) is 5.98. The van der Waals surface area contributed by atoms with Gasteiger partial charge in [-0.2, -0.15) is 0 Å². The fourth-order valence-corrected chi connectivity index (χ4v) is 5.92. The summed E-state index contributed by atoms with van der Waals surface area (Å²) in [7, 11) is 0. The predicted molar refractivity (Wildman–Crippen MR) is 121 cm³/mol. The summed E-state index contributed by atoms with van der Waals surface area (Å²) in [6, 6.07) is 6.19. The number of carboxylic acids is 1. The number of hydrogen-bond donors (Lipinski definition) is 5. The fraction of sp³-hybridized carbons (Fsp3) is 0.318. The van der Waals surface area contributed by atoms with Crippen molar-refractivity contribution in [3.8, 4) is 5.75 Å². The van der Waals surface area contributed by atoms with E-state index in [9.17, 15) is 34.2 Å². The highest BCUT2D eigenvalue weighted by atomic mass is 32.2. The Morgan fingerprint density at radius 2 is 1.82 bits per heavy atom. The molecule has 2 fully saturated rings. The number of carboxylic acid groups (broad SMARTS) is 1. The number of aromatic amines is 1. The van der Waals surface area contributed by atoms with E-state index in [0.29, 0.717) is 5.56 Å². The second kappa shape index (κ2) is 8.20. The van der Waals surface area contributed by atoms with Gasteiger partial charge in [-0.3, -0.25) is 24.1 Å². The van der Waals surface area contributed by atoms with Crippen molar-refractivity contribution in [3.63, 3.8) is 0 Å². The van der Waals surface area contributed by atoms with Crippen LogP contribution in [0.4, 0.5) is 0 Å². The number of nitrogens with one attached hydrogen (secondary N) is 3. The second-order valence-electron chi connectivity index (χ2n) is 8.51. The SMILES string of the molecule is CC1(C)S[C@@H]2[C@H](NC(=O)Cc3ccc(O)cc3)C(=O)N2[C@@]1(NC(=O)c1c[nH]ccc1=O)C(=O)O. The lowest BCUT2D eigenvalue weighted by Crippen LogP contribution is -2.80. The highest BCUT2D eigenvalue weighted by molar-refractivity contribution is 8.01. The zero-order valence-electron chi connectivity index (χ0n) is 18.2. The van der Waals surface area contributed by atoms with E-state index in [4.69, 9.17) is 0 Å². The van der Waals surface area contributed by atoms with Gasteiger partial charge in [0.1, 0.15) is 22.7 Å². The zero-order valence-corrected chi connectivity index (χ0v) is 19.0. The van der Waals surface area contributed by atoms with Gasteiger partial charge in [-0.15, -0.1) is 11.8 Å². The van der Waals surface area contributed by atoms with Crippen molar-refractivity contribution in [3.05, 3.63) is 64.1 Å². The molecule has 1 aromatic carbocycles. The Hall–Kier alpha value is -3.80. The van der Waals surface area contributed by atoms with Gasteiger partial charge in [0, 0.05) is 18.5 Å². The molecule has 0 bridgehead atoms. The Bertz CT molecular complexity index is 1240. The third kappa shape index (κ3) is 3.59. The third-order valence-corrected chi connectivity index (χ3v) is 7.59. The number of aromatic hydroxyl groups is 1. The number of amides is 3. The Morgan fingerprint density at radius 3 is 2.44 bits per heavy atom. The fourth-order valence-electron chi connectivity index (χ4n) is 4.22. The van der Waals surface area contributed by atoms with E-state index in [0.717, 1.165) is 28.9 Å². The molecule has 2 saturated heterocycles. The molecule has 0 radical (unpaired) electrons. The maximum absolute atomic E-state index is 13.1. The summed E-state index contributed by atoms with van der Waals surface area (Å²) in [5.41, 5.74) is -2.42. The predicted octanol–water partition coefficient (Wildman–Crippen LogP) is 0.0124. The maximum atomic E-state index is 13.1. The van der Waals surface area contributed by atoms with Gasteiger partial charge in [0.05, 0.1) is 11.2 Å². The number of carbonyl (C=O) groups excluding carboxylic acids is 3. The Morgan fingerprint density at radius 1 is 1.15 bits per heavy atom. The number of H-pyrrole nitrogens is 1. The first-order valence-electron chi connectivity index (χ1n) is 10.3. The summed E-state index contributed by atoms with van der Waals surface area (Å²) >= 11 is 1.13. The van der Waals surface area contributed by atoms with Crippen LogP contribution in [-0.4, -0.2) is 65.6 Å². The van der Waals surface area contributed by atoms with Crippen molar-refractivity contribution in [1.29, 1.82) is 0 Å². The quantitative estimate of drug-likeness (QED) is 0.356. The molecule has 4 rings (SSSR count). The summed E-state index contributed by atoms with van der Waals surface area (Å²) in [6.45, 7) is 3.14. The number of aromatic nitrogens is 1. The van der Waals surface area contributed by atoms with Crippen molar-refractivity contribution in [2.45, 2.75) is 42.1 Å². The van der Waals surface area contributed by atoms with Gasteiger partial charge >= 0.3 is 5.97 Å². The van der Waals surface area contributed by atoms with E-state index in [1.54, 1.807) is 26.0 Å². The molecule has 2 aromatic rings. The lowest BCUT2D eigenvalue weighted by molar-refractivity contribution is -0.174. The van der Waals surface area contributed by atoms with Crippen LogP contribution in [0.15, 0.2) is 47.5 Å². The molecule has 1 aromatic heterocycles. The average molecular weight is 487 g/mol. The van der Waals surface area contributed by atoms with E-state index in [2.05, 4.69) is 15.6 Å². The molecule has 0 aliphatic carbocycles. The van der Waals surface area contributed by atoms with Crippen LogP contribution in [0.25, 0.3) is 0 Å². The minimum absolute atomic E-state index is 0.0393. The van der Waals surface area contributed by atoms with E-state index in [-0.39, 0.29) is 17.7 Å². The maximum Gasteiger partial charge on any atom is 0.352 e. The number of thioether (sulfide) groups is 1. The second-order valence-corrected chi connectivity index (χ2v) is 10.2. The lowest BCUT2D eigenvalue weighted by Gasteiger charge is -2.49. The molecular formula is C22H22N4O7S. The van der Waals surface area contributed by atoms with E-state index >= 15 is 0 Å². The standard InChI is InChI=1S/C22H22N4O7S/c1-21(2)22(20(32)33,25-17(30)13-10-23-8-7-14(13)28)26-18(31)16(19(26)34-21)24-15(29)9-11-3-5-12(27)6-4-11/h3-8,10,16,19,27H,9H2,1-2H3,(H,23,28)(H,24,29)(H,25,30)(H,32,33)/t16-,19-,22+/m1/s1. The van der Waals surface area contributed by atoms with E-state index in [1.807, 2.05) is 0 Å². The number of β-lactam (4-membered cyclic amide) rings is 1. The van der Waals surface area contributed by atoms with Crippen molar-refractivity contribution in [2.75, 3.05) is 0 Å². The summed E-state index contributed by atoms with van der Waals surface area (Å²) < 4.78 is -1.20. The zero-order chi connectivity index (χ0) is 24.8. The van der Waals surface area contributed by atoms with Crippen molar-refractivity contribution >= 4 is 35.5 Å². The molecule has 34 heavy (non-hydrogen) atoms. The molecule has 0 unspecified atom stereocenters. The first kappa shape index (κ1) is 23.4. The van der Waals surface area contributed by atoms with Gasteiger partial charge in [0.15, 0.2) is 5.43 Å². The van der Waals surface area contributed by atoms with Crippen molar-refractivity contribution < 1.29 is 29.4 Å². The molecule has 2 aliphatic heterocycles. The Kier molecular flexibility index (Phi) is 5.64. The molecule has 5 N–H and O–H groups in total. The molecule has 0 saturated carbocycles. The number of pyridine rings is 1. The molecule has 0 spiro atoms. The highest BCUT2D eigenvalue weighted by Gasteiger charge is 2.74. The average Bonchev–Trinajstić information content (AvgIpc) is 2.98. The van der Waals surface area contributed by atoms with Crippen LogP contribution in [0.2, 0.25) is 0 Å². The van der Waals surface area contributed by atoms with Crippen molar-refractivity contribution in [1.82, 2.24) is 20.5 Å². The molecule has 2 aliphatic rings. The molecule has 178 valence electrons. The normalized spacial score (nSPS) is 24.6. The number of benzene rings is 1. The number of carbonyl (C=O) groups is 4. The number of phenols is 1. The number of nitrogens with zero attached hydrogens (tertiary/aromatic N) is 1. The number of rotatable bonds is 6. The first-order valence-corrected chi connectivity index (χ1v) is 11.2. The van der Waals surface area contributed by atoms with E-state index in [1.165, 1.54) is 18.3 Å². The Labute approximate surface area is 197 Å². The van der Waals surface area contributed by atoms with Gasteiger partial charge in [-0.05, 0) is 31.5 Å². The highest BCUT2D eigenvalue weighted by Crippen LogP contribution is 2.55. The number of phenolic OH excluding ortho intramolecular Hbond substituents is 1.